The van der Waals surface area contributed by atoms with Crippen LogP contribution >= 0.6 is 0 Å². The third-order valence-electron chi connectivity index (χ3n) is 3.01. The minimum absolute atomic E-state index is 0.157. The van der Waals surface area contributed by atoms with E-state index in [1.54, 1.807) is 0 Å². The Labute approximate surface area is 111 Å². The highest BCUT2D eigenvalue weighted by Crippen LogP contribution is 2.24. The molecule has 1 aromatic heterocycles. The first kappa shape index (κ1) is 15.0. The molecular weight excluding hydrogens is 248 g/mol. The summed E-state index contributed by atoms with van der Waals surface area (Å²) in [6.45, 7) is 3.80. The smallest absolute Gasteiger partial charge is 0.328 e. The summed E-state index contributed by atoms with van der Waals surface area (Å²) in [6, 6.07) is 0. The first-order valence-corrected chi connectivity index (χ1v) is 6.13. The largest absolute Gasteiger partial charge is 0.481 e. The molecule has 0 fully saturated rings. The van der Waals surface area contributed by atoms with Crippen LogP contribution in [0, 0.1) is 13.8 Å². The van der Waals surface area contributed by atoms with Crippen LogP contribution in [0.4, 0.5) is 0 Å². The van der Waals surface area contributed by atoms with Gasteiger partial charge in [0.15, 0.2) is 0 Å². The molecule has 0 saturated carbocycles. The normalized spacial score (nSPS) is 11.1. The summed E-state index contributed by atoms with van der Waals surface area (Å²) in [4.78, 5) is 20.9. The first-order valence-electron chi connectivity index (χ1n) is 6.13. The summed E-state index contributed by atoms with van der Waals surface area (Å²) in [5.41, 5.74) is 1.92. The number of carboxylic acids is 2. The molecule has 0 saturated heterocycles. The molecule has 0 radical (unpaired) electrons. The lowest BCUT2D eigenvalue weighted by atomic mass is 10.1. The van der Waals surface area contributed by atoms with E-state index in [1.807, 2.05) is 13.8 Å². The van der Waals surface area contributed by atoms with Crippen LogP contribution in [-0.2, 0) is 16.0 Å². The number of aryl methyl sites for hydroxylation is 1. The summed E-state index contributed by atoms with van der Waals surface area (Å²) in [7, 11) is 0. The van der Waals surface area contributed by atoms with Gasteiger partial charge in [0.1, 0.15) is 11.5 Å². The highest BCUT2D eigenvalue weighted by Gasteiger charge is 2.11. The third-order valence-corrected chi connectivity index (χ3v) is 3.01. The van der Waals surface area contributed by atoms with E-state index in [1.165, 1.54) is 6.08 Å². The van der Waals surface area contributed by atoms with Crippen LogP contribution in [0.5, 0.6) is 0 Å². The van der Waals surface area contributed by atoms with Crippen LogP contribution in [0.15, 0.2) is 10.5 Å². The molecule has 0 amide bonds. The van der Waals surface area contributed by atoms with E-state index in [0.717, 1.165) is 29.4 Å². The SMILES string of the molecule is Cc1c(C=CC(=O)O)oc(CCCCC(=O)O)c1C. The van der Waals surface area contributed by atoms with Gasteiger partial charge in [-0.05, 0) is 43.9 Å². The molecule has 1 heterocycles. The predicted molar refractivity (Wildman–Crippen MR) is 70.0 cm³/mol. The molecule has 19 heavy (non-hydrogen) atoms. The number of unbranched alkanes of at least 4 members (excludes halogenated alkanes) is 1. The fraction of sp³-hybridized carbons (Fsp3) is 0.429. The second-order valence-corrected chi connectivity index (χ2v) is 4.41. The molecule has 0 spiro atoms. The monoisotopic (exact) mass is 266 g/mol. The van der Waals surface area contributed by atoms with Crippen LogP contribution in [0.1, 0.15) is 41.9 Å². The van der Waals surface area contributed by atoms with Crippen molar-refractivity contribution in [1.29, 1.82) is 0 Å². The summed E-state index contributed by atoms with van der Waals surface area (Å²) >= 11 is 0. The minimum Gasteiger partial charge on any atom is -0.481 e. The van der Waals surface area contributed by atoms with E-state index in [9.17, 15) is 9.59 Å². The molecular formula is C14H18O5. The number of carbonyl (C=O) groups is 2. The second-order valence-electron chi connectivity index (χ2n) is 4.41. The maximum atomic E-state index is 10.5. The van der Waals surface area contributed by atoms with Crippen LogP contribution in [-0.4, -0.2) is 22.2 Å². The van der Waals surface area contributed by atoms with E-state index in [4.69, 9.17) is 14.6 Å². The average molecular weight is 266 g/mol. The van der Waals surface area contributed by atoms with Gasteiger partial charge >= 0.3 is 11.9 Å². The van der Waals surface area contributed by atoms with Crippen molar-refractivity contribution in [3.8, 4) is 0 Å². The molecule has 1 rings (SSSR count). The van der Waals surface area contributed by atoms with Crippen LogP contribution in [0.2, 0.25) is 0 Å². The molecule has 0 aliphatic rings. The Bertz CT molecular complexity index is 496. The Hall–Kier alpha value is -2.04. The fourth-order valence-electron chi connectivity index (χ4n) is 1.79. The molecule has 1 aromatic rings. The van der Waals surface area contributed by atoms with Gasteiger partial charge in [-0.1, -0.05) is 0 Å². The number of aliphatic carboxylic acids is 2. The lowest BCUT2D eigenvalue weighted by Gasteiger charge is -1.98. The Kier molecular flexibility index (Phi) is 5.36. The lowest BCUT2D eigenvalue weighted by molar-refractivity contribution is -0.137. The highest BCUT2D eigenvalue weighted by atomic mass is 16.4. The maximum absolute atomic E-state index is 10.5. The van der Waals surface area contributed by atoms with Gasteiger partial charge in [0.25, 0.3) is 0 Å². The van der Waals surface area contributed by atoms with Crippen molar-refractivity contribution in [1.82, 2.24) is 0 Å². The fourth-order valence-corrected chi connectivity index (χ4v) is 1.79. The quantitative estimate of drug-likeness (QED) is 0.585. The zero-order valence-corrected chi connectivity index (χ0v) is 11.1. The topological polar surface area (TPSA) is 87.7 Å². The Balaban J connectivity index is 2.67. The molecule has 5 heteroatoms. The number of furan rings is 1. The number of hydrogen-bond acceptors (Lipinski definition) is 3. The number of hydrogen-bond donors (Lipinski definition) is 2. The lowest BCUT2D eigenvalue weighted by Crippen LogP contribution is -1.95. The Morgan fingerprint density at radius 1 is 1.16 bits per heavy atom. The van der Waals surface area contributed by atoms with E-state index in [0.29, 0.717) is 18.6 Å². The van der Waals surface area contributed by atoms with Crippen LogP contribution < -0.4 is 0 Å². The van der Waals surface area contributed by atoms with E-state index < -0.39 is 11.9 Å². The van der Waals surface area contributed by atoms with Gasteiger partial charge in [-0.25, -0.2) is 4.79 Å². The summed E-state index contributed by atoms with van der Waals surface area (Å²) in [5, 5.41) is 17.1. The van der Waals surface area contributed by atoms with Crippen molar-refractivity contribution in [2.45, 2.75) is 39.5 Å². The van der Waals surface area contributed by atoms with Crippen molar-refractivity contribution in [3.63, 3.8) is 0 Å². The highest BCUT2D eigenvalue weighted by molar-refractivity contribution is 5.85. The number of carboxylic acid groups (broad SMARTS) is 2. The van der Waals surface area contributed by atoms with E-state index in [2.05, 4.69) is 0 Å². The minimum atomic E-state index is -1.02. The zero-order valence-electron chi connectivity index (χ0n) is 11.1. The first-order chi connectivity index (χ1) is 8.91. The van der Waals surface area contributed by atoms with Crippen LogP contribution in [0.25, 0.3) is 6.08 Å². The van der Waals surface area contributed by atoms with Gasteiger partial charge in [-0.3, -0.25) is 4.79 Å². The molecule has 0 atom stereocenters. The van der Waals surface area contributed by atoms with Gasteiger partial charge in [0, 0.05) is 18.9 Å². The predicted octanol–water partition coefficient (Wildman–Crippen LogP) is 2.79. The average Bonchev–Trinajstić information content (AvgIpc) is 2.59. The van der Waals surface area contributed by atoms with Gasteiger partial charge in [0.2, 0.25) is 0 Å². The summed E-state index contributed by atoms with van der Waals surface area (Å²) in [6.07, 6.45) is 4.65. The maximum Gasteiger partial charge on any atom is 0.328 e. The molecule has 0 unspecified atom stereocenters. The molecule has 0 aliphatic carbocycles. The number of rotatable bonds is 7. The Morgan fingerprint density at radius 2 is 1.84 bits per heavy atom. The van der Waals surface area contributed by atoms with Gasteiger partial charge in [-0.2, -0.15) is 0 Å². The van der Waals surface area contributed by atoms with Crippen molar-refractivity contribution in [2.24, 2.45) is 0 Å². The molecule has 0 bridgehead atoms. The van der Waals surface area contributed by atoms with E-state index in [-0.39, 0.29) is 6.42 Å². The van der Waals surface area contributed by atoms with Crippen molar-refractivity contribution < 1.29 is 24.2 Å². The summed E-state index contributed by atoms with van der Waals surface area (Å²) in [5.74, 6) is -0.463. The molecule has 0 aliphatic heterocycles. The van der Waals surface area contributed by atoms with Gasteiger partial charge in [-0.15, -0.1) is 0 Å². The van der Waals surface area contributed by atoms with E-state index >= 15 is 0 Å². The molecule has 104 valence electrons. The third kappa shape index (κ3) is 4.62. The zero-order chi connectivity index (χ0) is 14.4. The Morgan fingerprint density at radius 3 is 2.42 bits per heavy atom. The standard InChI is InChI=1S/C14H18O5/c1-9-10(2)12(7-8-14(17)18)19-11(9)5-3-4-6-13(15)16/h7-8H,3-6H2,1-2H3,(H,15,16)(H,17,18). The van der Waals surface area contributed by atoms with Gasteiger partial charge < -0.3 is 14.6 Å². The molecule has 5 nitrogen and oxygen atoms in total. The van der Waals surface area contributed by atoms with Crippen LogP contribution in [0.3, 0.4) is 0 Å². The molecule has 2 N–H and O–H groups in total. The van der Waals surface area contributed by atoms with Crippen molar-refractivity contribution >= 4 is 18.0 Å². The van der Waals surface area contributed by atoms with Gasteiger partial charge in [0.05, 0.1) is 0 Å². The van der Waals surface area contributed by atoms with Crippen molar-refractivity contribution in [2.75, 3.05) is 0 Å². The second kappa shape index (κ2) is 6.78. The van der Waals surface area contributed by atoms with Crippen molar-refractivity contribution in [3.05, 3.63) is 28.7 Å². The summed E-state index contributed by atoms with van der Waals surface area (Å²) < 4.78 is 5.61. The molecule has 0 aromatic carbocycles.